The third-order valence-electron chi connectivity index (χ3n) is 4.09. The van der Waals surface area contributed by atoms with E-state index in [9.17, 15) is 8.42 Å². The monoisotopic (exact) mass is 305 g/mol. The molecule has 1 aliphatic carbocycles. The molecule has 5 heteroatoms. The number of hydrogen-bond acceptors (Lipinski definition) is 3. The molecule has 4 nitrogen and oxygen atoms in total. The Balaban J connectivity index is 1.86. The summed E-state index contributed by atoms with van der Waals surface area (Å²) in [6, 6.07) is 11.1. The molecule has 3 rings (SSSR count). The molecule has 0 aliphatic heterocycles. The molecule has 0 radical (unpaired) electrons. The summed E-state index contributed by atoms with van der Waals surface area (Å²) in [6.45, 7) is 0. The topological polar surface area (TPSA) is 66.4 Å². The van der Waals surface area contributed by atoms with Crippen LogP contribution < -0.4 is 5.32 Å². The van der Waals surface area contributed by atoms with Gasteiger partial charge in [-0.2, -0.15) is 8.42 Å². The molecule has 0 aromatic heterocycles. The molecule has 0 saturated heterocycles. The third kappa shape index (κ3) is 3.36. The first-order valence-electron chi connectivity index (χ1n) is 7.30. The largest absolute Gasteiger partial charge is 0.382 e. The molecule has 0 unspecified atom stereocenters. The normalized spacial score (nSPS) is 17.0. The zero-order valence-corrected chi connectivity index (χ0v) is 12.6. The molecule has 1 fully saturated rings. The molecule has 112 valence electrons. The van der Waals surface area contributed by atoms with Crippen LogP contribution in [0.3, 0.4) is 0 Å². The van der Waals surface area contributed by atoms with Gasteiger partial charge in [-0.1, -0.05) is 31.4 Å². The number of anilines is 1. The maximum Gasteiger partial charge on any atom is 0.294 e. The highest BCUT2D eigenvalue weighted by Crippen LogP contribution is 2.25. The van der Waals surface area contributed by atoms with Gasteiger partial charge >= 0.3 is 0 Å². The Morgan fingerprint density at radius 1 is 0.952 bits per heavy atom. The molecule has 0 atom stereocenters. The van der Waals surface area contributed by atoms with Gasteiger partial charge in [0.05, 0.1) is 4.90 Å². The van der Waals surface area contributed by atoms with Crippen LogP contribution in [0.1, 0.15) is 32.1 Å². The van der Waals surface area contributed by atoms with Crippen LogP contribution in [-0.2, 0) is 10.1 Å². The summed E-state index contributed by atoms with van der Waals surface area (Å²) in [5, 5.41) is 5.32. The summed E-state index contributed by atoms with van der Waals surface area (Å²) >= 11 is 0. The molecule has 0 bridgehead atoms. The second kappa shape index (κ2) is 5.66. The highest BCUT2D eigenvalue weighted by molar-refractivity contribution is 7.85. The van der Waals surface area contributed by atoms with Crippen molar-refractivity contribution in [2.75, 3.05) is 5.32 Å². The Morgan fingerprint density at radius 2 is 1.62 bits per heavy atom. The van der Waals surface area contributed by atoms with Gasteiger partial charge < -0.3 is 5.32 Å². The molecule has 21 heavy (non-hydrogen) atoms. The van der Waals surface area contributed by atoms with Crippen molar-refractivity contribution < 1.29 is 13.0 Å². The zero-order valence-electron chi connectivity index (χ0n) is 11.7. The van der Waals surface area contributed by atoms with Gasteiger partial charge in [0.15, 0.2) is 0 Å². The smallest absolute Gasteiger partial charge is 0.294 e. The fourth-order valence-electron chi connectivity index (χ4n) is 2.96. The van der Waals surface area contributed by atoms with Crippen molar-refractivity contribution in [1.82, 2.24) is 0 Å². The van der Waals surface area contributed by atoms with E-state index in [4.69, 9.17) is 4.55 Å². The summed E-state index contributed by atoms with van der Waals surface area (Å²) in [7, 11) is -4.14. The molecule has 0 heterocycles. The van der Waals surface area contributed by atoms with E-state index in [0.717, 1.165) is 16.5 Å². The predicted octanol–water partition coefficient (Wildman–Crippen LogP) is 3.83. The molecule has 1 aliphatic rings. The van der Waals surface area contributed by atoms with Gasteiger partial charge in [-0.15, -0.1) is 0 Å². The average Bonchev–Trinajstić information content (AvgIpc) is 2.47. The number of fused-ring (bicyclic) bond motifs is 1. The Labute approximate surface area is 124 Å². The first kappa shape index (κ1) is 14.4. The maximum absolute atomic E-state index is 11.1. The van der Waals surface area contributed by atoms with Gasteiger partial charge in [0.2, 0.25) is 0 Å². The van der Waals surface area contributed by atoms with Gasteiger partial charge in [0, 0.05) is 11.7 Å². The summed E-state index contributed by atoms with van der Waals surface area (Å²) in [4.78, 5) is -0.0667. The number of nitrogens with one attached hydrogen (secondary N) is 1. The molecule has 2 aromatic rings. The van der Waals surface area contributed by atoms with Gasteiger partial charge in [0.1, 0.15) is 0 Å². The predicted molar refractivity (Wildman–Crippen MR) is 84.3 cm³/mol. The number of rotatable bonds is 3. The van der Waals surface area contributed by atoms with Gasteiger partial charge in [-0.05, 0) is 47.9 Å². The Kier molecular flexibility index (Phi) is 3.87. The molecule has 2 N–H and O–H groups in total. The second-order valence-corrected chi connectivity index (χ2v) is 7.10. The minimum Gasteiger partial charge on any atom is -0.382 e. The van der Waals surface area contributed by atoms with Crippen LogP contribution in [0.4, 0.5) is 5.69 Å². The van der Waals surface area contributed by atoms with E-state index in [1.165, 1.54) is 44.2 Å². The quantitative estimate of drug-likeness (QED) is 0.846. The molecule has 1 saturated carbocycles. The van der Waals surface area contributed by atoms with Crippen molar-refractivity contribution in [3.05, 3.63) is 36.4 Å². The third-order valence-corrected chi connectivity index (χ3v) is 4.94. The van der Waals surface area contributed by atoms with Gasteiger partial charge in [0.25, 0.3) is 10.1 Å². The highest BCUT2D eigenvalue weighted by Gasteiger charge is 2.13. The molecule has 2 aromatic carbocycles. The van der Waals surface area contributed by atoms with Crippen molar-refractivity contribution in [2.45, 2.75) is 43.0 Å². The van der Waals surface area contributed by atoms with E-state index in [2.05, 4.69) is 5.32 Å². The molecule has 0 spiro atoms. The van der Waals surface area contributed by atoms with Crippen molar-refractivity contribution in [1.29, 1.82) is 0 Å². The first-order valence-corrected chi connectivity index (χ1v) is 8.74. The van der Waals surface area contributed by atoms with Crippen LogP contribution >= 0.6 is 0 Å². The summed E-state index contributed by atoms with van der Waals surface area (Å²) in [5.74, 6) is 0. The molecular formula is C16H19NO3S. The molecular weight excluding hydrogens is 286 g/mol. The van der Waals surface area contributed by atoms with Gasteiger partial charge in [-0.25, -0.2) is 0 Å². The first-order chi connectivity index (χ1) is 10.0. The summed E-state index contributed by atoms with van der Waals surface area (Å²) in [5.41, 5.74) is 1.06. The van der Waals surface area contributed by atoms with Crippen LogP contribution in [-0.4, -0.2) is 19.0 Å². The molecule has 0 amide bonds. The Bertz CT molecular complexity index is 749. The lowest BCUT2D eigenvalue weighted by Crippen LogP contribution is -2.22. The number of benzene rings is 2. The summed E-state index contributed by atoms with van der Waals surface area (Å²) in [6.07, 6.45) is 6.31. The average molecular weight is 305 g/mol. The van der Waals surface area contributed by atoms with E-state index in [0.29, 0.717) is 6.04 Å². The van der Waals surface area contributed by atoms with Gasteiger partial charge in [-0.3, -0.25) is 4.55 Å². The van der Waals surface area contributed by atoms with Crippen molar-refractivity contribution in [3.8, 4) is 0 Å². The highest BCUT2D eigenvalue weighted by atomic mass is 32.2. The van der Waals surface area contributed by atoms with E-state index in [-0.39, 0.29) is 4.90 Å². The lowest BCUT2D eigenvalue weighted by Gasteiger charge is -2.24. The standard InChI is InChI=1S/C16H19NO3S/c18-21(19,20)16-9-7-12-10-15(8-6-13(12)11-16)17-14-4-2-1-3-5-14/h6-11,14,17H,1-5H2,(H,18,19,20). The number of hydrogen-bond donors (Lipinski definition) is 2. The lowest BCUT2D eigenvalue weighted by atomic mass is 9.95. The van der Waals surface area contributed by atoms with Crippen LogP contribution in [0.15, 0.2) is 41.3 Å². The minimum atomic E-state index is -4.14. The van der Waals surface area contributed by atoms with Crippen LogP contribution in [0.5, 0.6) is 0 Å². The summed E-state index contributed by atoms with van der Waals surface area (Å²) < 4.78 is 31.4. The fraction of sp³-hybridized carbons (Fsp3) is 0.375. The van der Waals surface area contributed by atoms with E-state index in [1.54, 1.807) is 6.07 Å². The van der Waals surface area contributed by atoms with E-state index >= 15 is 0 Å². The zero-order chi connectivity index (χ0) is 14.9. The van der Waals surface area contributed by atoms with E-state index < -0.39 is 10.1 Å². The second-order valence-electron chi connectivity index (χ2n) is 5.68. The SMILES string of the molecule is O=S(=O)(O)c1ccc2cc(NC3CCCCC3)ccc2c1. The lowest BCUT2D eigenvalue weighted by molar-refractivity contribution is 0.463. The Morgan fingerprint density at radius 3 is 2.33 bits per heavy atom. The fourth-order valence-corrected chi connectivity index (χ4v) is 3.47. The van der Waals surface area contributed by atoms with Crippen LogP contribution in [0, 0.1) is 0 Å². The van der Waals surface area contributed by atoms with Crippen molar-refractivity contribution >= 4 is 26.6 Å². The van der Waals surface area contributed by atoms with Crippen LogP contribution in [0.25, 0.3) is 10.8 Å². The minimum absolute atomic E-state index is 0.0667. The van der Waals surface area contributed by atoms with E-state index in [1.807, 2.05) is 18.2 Å². The maximum atomic E-state index is 11.1. The van der Waals surface area contributed by atoms with Crippen molar-refractivity contribution in [2.24, 2.45) is 0 Å². The van der Waals surface area contributed by atoms with Crippen LogP contribution in [0.2, 0.25) is 0 Å². The van der Waals surface area contributed by atoms with Crippen molar-refractivity contribution in [3.63, 3.8) is 0 Å². The Hall–Kier alpha value is -1.59.